The van der Waals surface area contributed by atoms with Crippen molar-refractivity contribution in [3.8, 4) is 0 Å². The number of hydrogen-bond donors (Lipinski definition) is 1. The largest absolute Gasteiger partial charge is 0.463 e. The summed E-state index contributed by atoms with van der Waals surface area (Å²) in [5.74, 6) is -0.353. The number of hydrogen-bond acceptors (Lipinski definition) is 3. The van der Waals surface area contributed by atoms with Gasteiger partial charge in [-0.1, -0.05) is 30.3 Å². The van der Waals surface area contributed by atoms with Crippen LogP contribution in [0.4, 0.5) is 0 Å². The van der Waals surface area contributed by atoms with Gasteiger partial charge >= 0.3 is 5.97 Å². The fraction of sp³-hybridized carbons (Fsp3) is 0.357. The zero-order chi connectivity index (χ0) is 13.5. The molecule has 0 saturated carbocycles. The van der Waals surface area contributed by atoms with Crippen molar-refractivity contribution in [1.29, 1.82) is 0 Å². The van der Waals surface area contributed by atoms with Crippen LogP contribution in [0.3, 0.4) is 0 Å². The van der Waals surface area contributed by atoms with Gasteiger partial charge in [0, 0.05) is 23.2 Å². The number of esters is 1. The van der Waals surface area contributed by atoms with E-state index >= 15 is 0 Å². The molecule has 98 valence electrons. The third-order valence-corrected chi connectivity index (χ3v) is 2.81. The van der Waals surface area contributed by atoms with Crippen LogP contribution in [0, 0.1) is 0 Å². The molecule has 4 heteroatoms. The van der Waals surface area contributed by atoms with Crippen LogP contribution in [-0.2, 0) is 9.53 Å². The Morgan fingerprint density at radius 3 is 2.61 bits per heavy atom. The number of rotatable bonds is 6. The minimum Gasteiger partial charge on any atom is -0.463 e. The lowest BCUT2D eigenvalue weighted by molar-refractivity contribution is -0.138. The van der Waals surface area contributed by atoms with Gasteiger partial charge < -0.3 is 10.1 Å². The second-order valence-corrected chi connectivity index (χ2v) is 4.41. The zero-order valence-electron chi connectivity index (χ0n) is 10.7. The maximum atomic E-state index is 11.4. The Balaban J connectivity index is 2.46. The first-order chi connectivity index (χ1) is 8.54. The topological polar surface area (TPSA) is 38.3 Å². The number of ether oxygens (including phenoxy) is 1. The number of halogens is 1. The molecule has 0 bridgehead atoms. The Bertz CT molecular complexity index is 414. The molecule has 0 amide bonds. The van der Waals surface area contributed by atoms with Crippen molar-refractivity contribution in [3.63, 3.8) is 0 Å². The summed E-state index contributed by atoms with van der Waals surface area (Å²) >= 11 is 5.82. The van der Waals surface area contributed by atoms with Crippen LogP contribution in [0.25, 0.3) is 0 Å². The number of carbonyl (C=O) groups excluding carboxylic acids is 1. The van der Waals surface area contributed by atoms with Gasteiger partial charge in [-0.2, -0.15) is 0 Å². The van der Waals surface area contributed by atoms with Crippen molar-refractivity contribution < 1.29 is 9.53 Å². The molecule has 0 aliphatic heterocycles. The van der Waals surface area contributed by atoms with Gasteiger partial charge in [0.1, 0.15) is 0 Å². The molecule has 0 aliphatic carbocycles. The second-order valence-electron chi connectivity index (χ2n) is 3.98. The Morgan fingerprint density at radius 1 is 1.44 bits per heavy atom. The highest BCUT2D eigenvalue weighted by molar-refractivity contribution is 6.30. The summed E-state index contributed by atoms with van der Waals surface area (Å²) in [4.78, 5) is 11.4. The smallest absolute Gasteiger partial charge is 0.334 e. The summed E-state index contributed by atoms with van der Waals surface area (Å²) < 4.78 is 4.86. The molecule has 0 radical (unpaired) electrons. The predicted octanol–water partition coefficient (Wildman–Crippen LogP) is 3.11. The molecule has 0 aliphatic rings. The summed E-state index contributed by atoms with van der Waals surface area (Å²) in [5, 5.41) is 3.92. The average Bonchev–Trinajstić information content (AvgIpc) is 2.36. The monoisotopic (exact) mass is 267 g/mol. The Kier molecular flexibility index (Phi) is 5.89. The van der Waals surface area contributed by atoms with Crippen molar-refractivity contribution in [3.05, 3.63) is 47.0 Å². The standard InChI is InChI=1S/C14H18ClNO2/c1-4-18-14(17)10(2)9-16-11(3)12-5-7-13(15)8-6-12/h5-8,11,16H,2,4,9H2,1,3H3. The van der Waals surface area contributed by atoms with Crippen LogP contribution in [0.1, 0.15) is 25.5 Å². The molecule has 1 aromatic rings. The molecule has 0 spiro atoms. The molecular weight excluding hydrogens is 250 g/mol. The molecule has 18 heavy (non-hydrogen) atoms. The van der Waals surface area contributed by atoms with E-state index in [1.54, 1.807) is 6.92 Å². The fourth-order valence-corrected chi connectivity index (χ4v) is 1.58. The number of benzene rings is 1. The minimum absolute atomic E-state index is 0.119. The maximum Gasteiger partial charge on any atom is 0.334 e. The summed E-state index contributed by atoms with van der Waals surface area (Å²) in [6.07, 6.45) is 0. The van der Waals surface area contributed by atoms with Gasteiger partial charge in [-0.05, 0) is 31.5 Å². The van der Waals surface area contributed by atoms with Gasteiger partial charge in [0.2, 0.25) is 0 Å². The summed E-state index contributed by atoms with van der Waals surface area (Å²) in [7, 11) is 0. The lowest BCUT2D eigenvalue weighted by Gasteiger charge is -2.15. The summed E-state index contributed by atoms with van der Waals surface area (Å²) in [6.45, 7) is 8.25. The molecule has 1 unspecified atom stereocenters. The van der Waals surface area contributed by atoms with Crippen LogP contribution in [0.5, 0.6) is 0 Å². The minimum atomic E-state index is -0.353. The van der Waals surface area contributed by atoms with Gasteiger partial charge in [-0.3, -0.25) is 0 Å². The van der Waals surface area contributed by atoms with E-state index in [1.807, 2.05) is 31.2 Å². The molecule has 0 heterocycles. The van der Waals surface area contributed by atoms with Crippen molar-refractivity contribution in [2.75, 3.05) is 13.2 Å². The Labute approximate surface area is 113 Å². The molecule has 1 atom stereocenters. The highest BCUT2D eigenvalue weighted by Crippen LogP contribution is 2.16. The summed E-state index contributed by atoms with van der Waals surface area (Å²) in [6, 6.07) is 7.71. The second kappa shape index (κ2) is 7.19. The Morgan fingerprint density at radius 2 is 2.06 bits per heavy atom. The van der Waals surface area contributed by atoms with Crippen molar-refractivity contribution in [2.45, 2.75) is 19.9 Å². The van der Waals surface area contributed by atoms with Gasteiger partial charge in [-0.15, -0.1) is 0 Å². The number of carbonyl (C=O) groups is 1. The van der Waals surface area contributed by atoms with E-state index in [-0.39, 0.29) is 12.0 Å². The van der Waals surface area contributed by atoms with Gasteiger partial charge in [0.05, 0.1) is 6.61 Å². The van der Waals surface area contributed by atoms with E-state index in [0.29, 0.717) is 23.7 Å². The lowest BCUT2D eigenvalue weighted by Crippen LogP contribution is -2.24. The number of nitrogens with one attached hydrogen (secondary N) is 1. The van der Waals surface area contributed by atoms with Crippen LogP contribution < -0.4 is 5.32 Å². The fourth-order valence-electron chi connectivity index (χ4n) is 1.45. The average molecular weight is 268 g/mol. The van der Waals surface area contributed by atoms with E-state index in [9.17, 15) is 4.79 Å². The molecule has 0 fully saturated rings. The quantitative estimate of drug-likeness (QED) is 0.636. The first kappa shape index (κ1) is 14.7. The SMILES string of the molecule is C=C(CNC(C)c1ccc(Cl)cc1)C(=O)OCC. The molecule has 3 nitrogen and oxygen atoms in total. The van der Waals surface area contributed by atoms with E-state index < -0.39 is 0 Å². The molecule has 0 aromatic heterocycles. The predicted molar refractivity (Wildman–Crippen MR) is 73.6 cm³/mol. The highest BCUT2D eigenvalue weighted by atomic mass is 35.5. The zero-order valence-corrected chi connectivity index (χ0v) is 11.5. The van der Waals surface area contributed by atoms with E-state index in [2.05, 4.69) is 11.9 Å². The van der Waals surface area contributed by atoms with Crippen molar-refractivity contribution in [2.24, 2.45) is 0 Å². The van der Waals surface area contributed by atoms with Crippen molar-refractivity contribution in [1.82, 2.24) is 5.32 Å². The van der Waals surface area contributed by atoms with Crippen LogP contribution in [0.15, 0.2) is 36.4 Å². The van der Waals surface area contributed by atoms with Gasteiger partial charge in [-0.25, -0.2) is 4.79 Å². The third-order valence-electron chi connectivity index (χ3n) is 2.56. The molecule has 1 N–H and O–H groups in total. The van der Waals surface area contributed by atoms with E-state index in [0.717, 1.165) is 5.56 Å². The van der Waals surface area contributed by atoms with Crippen LogP contribution in [0.2, 0.25) is 5.02 Å². The lowest BCUT2D eigenvalue weighted by atomic mass is 10.1. The Hall–Kier alpha value is -1.32. The van der Waals surface area contributed by atoms with Crippen molar-refractivity contribution >= 4 is 17.6 Å². The molecule has 0 saturated heterocycles. The normalized spacial score (nSPS) is 11.9. The molecular formula is C14H18ClNO2. The highest BCUT2D eigenvalue weighted by Gasteiger charge is 2.10. The van der Waals surface area contributed by atoms with Crippen LogP contribution >= 0.6 is 11.6 Å². The first-order valence-electron chi connectivity index (χ1n) is 5.88. The third kappa shape index (κ3) is 4.51. The van der Waals surface area contributed by atoms with E-state index in [1.165, 1.54) is 0 Å². The van der Waals surface area contributed by atoms with Gasteiger partial charge in [0.15, 0.2) is 0 Å². The molecule has 1 aromatic carbocycles. The summed E-state index contributed by atoms with van der Waals surface area (Å²) in [5.41, 5.74) is 1.54. The van der Waals surface area contributed by atoms with Gasteiger partial charge in [0.25, 0.3) is 0 Å². The van der Waals surface area contributed by atoms with E-state index in [4.69, 9.17) is 16.3 Å². The first-order valence-corrected chi connectivity index (χ1v) is 6.26. The molecule has 1 rings (SSSR count). The van der Waals surface area contributed by atoms with Crippen LogP contribution in [-0.4, -0.2) is 19.1 Å². The maximum absolute atomic E-state index is 11.4.